The molecule has 1 aromatic heterocycles. The molecule has 0 radical (unpaired) electrons. The zero-order chi connectivity index (χ0) is 22.3. The maximum absolute atomic E-state index is 12.6. The minimum absolute atomic E-state index is 0.0612. The summed E-state index contributed by atoms with van der Waals surface area (Å²) in [6.45, 7) is 4.05. The lowest BCUT2D eigenvalue weighted by Crippen LogP contribution is -2.15. The highest BCUT2D eigenvalue weighted by Crippen LogP contribution is 2.24. The summed E-state index contributed by atoms with van der Waals surface area (Å²) in [5.74, 6) is 1.09. The maximum Gasteiger partial charge on any atom is 0.234 e. The molecule has 4 aromatic rings. The Morgan fingerprint density at radius 1 is 0.906 bits per heavy atom. The maximum atomic E-state index is 12.6. The SMILES string of the molecule is Cc1cccc(-n2c(CCc3ccccc3)nnc2SCC(=O)Nc2ccccc2C)c1. The molecule has 0 saturated carbocycles. The molecule has 0 fully saturated rings. The van der Waals surface area contributed by atoms with Gasteiger partial charge in [-0.05, 0) is 55.2 Å². The molecule has 4 rings (SSSR count). The van der Waals surface area contributed by atoms with Crippen LogP contribution in [-0.4, -0.2) is 26.4 Å². The zero-order valence-corrected chi connectivity index (χ0v) is 19.1. The molecule has 0 aliphatic rings. The van der Waals surface area contributed by atoms with Crippen molar-refractivity contribution in [1.82, 2.24) is 14.8 Å². The van der Waals surface area contributed by atoms with Crippen LogP contribution in [0.3, 0.4) is 0 Å². The number of nitrogens with zero attached hydrogens (tertiary/aromatic N) is 3. The van der Waals surface area contributed by atoms with Gasteiger partial charge in [-0.2, -0.15) is 0 Å². The smallest absolute Gasteiger partial charge is 0.234 e. The molecular formula is C26H26N4OS. The fourth-order valence-electron chi connectivity index (χ4n) is 3.51. The fraction of sp³-hybridized carbons (Fsp3) is 0.192. The Morgan fingerprint density at radius 2 is 1.69 bits per heavy atom. The molecule has 0 saturated heterocycles. The lowest BCUT2D eigenvalue weighted by molar-refractivity contribution is -0.113. The lowest BCUT2D eigenvalue weighted by Gasteiger charge is -2.12. The molecule has 1 amide bonds. The highest BCUT2D eigenvalue weighted by molar-refractivity contribution is 7.99. The number of hydrogen-bond acceptors (Lipinski definition) is 4. The van der Waals surface area contributed by atoms with Gasteiger partial charge in [0.15, 0.2) is 5.16 Å². The third kappa shape index (κ3) is 5.45. The second-order valence-corrected chi connectivity index (χ2v) is 8.65. The Morgan fingerprint density at radius 3 is 2.47 bits per heavy atom. The van der Waals surface area contributed by atoms with Gasteiger partial charge in [-0.15, -0.1) is 10.2 Å². The molecule has 1 heterocycles. The Kier molecular flexibility index (Phi) is 7.02. The number of thioether (sulfide) groups is 1. The summed E-state index contributed by atoms with van der Waals surface area (Å²) in [7, 11) is 0. The summed E-state index contributed by atoms with van der Waals surface area (Å²) in [5.41, 5.74) is 5.32. The molecule has 6 heteroatoms. The van der Waals surface area contributed by atoms with Crippen LogP contribution in [0.25, 0.3) is 5.69 Å². The number of aromatic nitrogens is 3. The predicted molar refractivity (Wildman–Crippen MR) is 130 cm³/mol. The number of benzene rings is 3. The molecule has 0 aliphatic carbocycles. The van der Waals surface area contributed by atoms with Crippen LogP contribution < -0.4 is 5.32 Å². The molecule has 0 bridgehead atoms. The number of carbonyl (C=O) groups is 1. The molecule has 0 spiro atoms. The van der Waals surface area contributed by atoms with Crippen LogP contribution in [0.2, 0.25) is 0 Å². The van der Waals surface area contributed by atoms with Crippen molar-refractivity contribution in [3.8, 4) is 5.69 Å². The Bertz CT molecular complexity index is 1200. The predicted octanol–water partition coefficient (Wildman–Crippen LogP) is 5.40. The van der Waals surface area contributed by atoms with Gasteiger partial charge in [0.05, 0.1) is 5.75 Å². The van der Waals surface area contributed by atoms with Crippen LogP contribution in [0.5, 0.6) is 0 Å². The normalized spacial score (nSPS) is 10.8. The number of aryl methyl sites for hydroxylation is 4. The van der Waals surface area contributed by atoms with Gasteiger partial charge in [0.1, 0.15) is 5.82 Å². The Labute approximate surface area is 192 Å². The van der Waals surface area contributed by atoms with Crippen molar-refractivity contribution in [2.45, 2.75) is 31.8 Å². The van der Waals surface area contributed by atoms with Crippen LogP contribution in [0.15, 0.2) is 84.0 Å². The summed E-state index contributed by atoms with van der Waals surface area (Å²) < 4.78 is 2.07. The van der Waals surface area contributed by atoms with Crippen molar-refractivity contribution in [2.75, 3.05) is 11.1 Å². The van der Waals surface area contributed by atoms with E-state index >= 15 is 0 Å². The van der Waals surface area contributed by atoms with Gasteiger partial charge in [-0.1, -0.05) is 72.4 Å². The molecule has 1 N–H and O–H groups in total. The summed E-state index contributed by atoms with van der Waals surface area (Å²) in [5, 5.41) is 12.6. The third-order valence-electron chi connectivity index (χ3n) is 5.19. The van der Waals surface area contributed by atoms with Crippen molar-refractivity contribution in [2.24, 2.45) is 0 Å². The number of anilines is 1. The van der Waals surface area contributed by atoms with Crippen LogP contribution >= 0.6 is 11.8 Å². The van der Waals surface area contributed by atoms with E-state index in [4.69, 9.17) is 0 Å². The van der Waals surface area contributed by atoms with Crippen molar-refractivity contribution >= 4 is 23.4 Å². The van der Waals surface area contributed by atoms with Gasteiger partial charge < -0.3 is 5.32 Å². The van der Waals surface area contributed by atoms with E-state index in [1.165, 1.54) is 22.9 Å². The summed E-state index contributed by atoms with van der Waals surface area (Å²) >= 11 is 1.40. The van der Waals surface area contributed by atoms with Gasteiger partial charge in [-0.25, -0.2) is 0 Å². The first-order valence-electron chi connectivity index (χ1n) is 10.6. The number of para-hydroxylation sites is 1. The first kappa shape index (κ1) is 21.8. The van der Waals surface area contributed by atoms with E-state index in [1.54, 1.807) is 0 Å². The van der Waals surface area contributed by atoms with Gasteiger partial charge in [-0.3, -0.25) is 9.36 Å². The second kappa shape index (κ2) is 10.3. The molecule has 32 heavy (non-hydrogen) atoms. The zero-order valence-electron chi connectivity index (χ0n) is 18.3. The number of amides is 1. The molecule has 0 aliphatic heterocycles. The highest BCUT2D eigenvalue weighted by atomic mass is 32.2. The van der Waals surface area contributed by atoms with E-state index in [0.717, 1.165) is 40.8 Å². The Balaban J connectivity index is 1.52. The van der Waals surface area contributed by atoms with Gasteiger partial charge in [0.2, 0.25) is 5.91 Å². The molecule has 5 nitrogen and oxygen atoms in total. The average molecular weight is 443 g/mol. The first-order chi connectivity index (χ1) is 15.6. The van der Waals surface area contributed by atoms with Crippen LogP contribution in [-0.2, 0) is 17.6 Å². The number of hydrogen-bond donors (Lipinski definition) is 1. The standard InChI is InChI=1S/C26H26N4OS/c1-19-9-8-13-22(17-19)30-24(16-15-21-11-4-3-5-12-21)28-29-26(30)32-18-25(31)27-23-14-7-6-10-20(23)2/h3-14,17H,15-16,18H2,1-2H3,(H,27,31). The Hall–Kier alpha value is -3.38. The minimum Gasteiger partial charge on any atom is -0.325 e. The van der Waals surface area contributed by atoms with Crippen molar-refractivity contribution in [1.29, 1.82) is 0 Å². The monoisotopic (exact) mass is 442 g/mol. The van der Waals surface area contributed by atoms with Crippen molar-refractivity contribution in [3.63, 3.8) is 0 Å². The number of carbonyl (C=O) groups excluding carboxylic acids is 1. The largest absolute Gasteiger partial charge is 0.325 e. The van der Waals surface area contributed by atoms with Crippen molar-refractivity contribution in [3.05, 3.63) is 101 Å². The van der Waals surface area contributed by atoms with E-state index in [0.29, 0.717) is 0 Å². The first-order valence-corrected chi connectivity index (χ1v) is 11.6. The molecule has 3 aromatic carbocycles. The third-order valence-corrected chi connectivity index (χ3v) is 6.12. The number of rotatable bonds is 8. The summed E-state index contributed by atoms with van der Waals surface area (Å²) in [6.07, 6.45) is 1.64. The topological polar surface area (TPSA) is 59.8 Å². The summed E-state index contributed by atoms with van der Waals surface area (Å²) in [6, 6.07) is 26.4. The lowest BCUT2D eigenvalue weighted by atomic mass is 10.1. The fourth-order valence-corrected chi connectivity index (χ4v) is 4.28. The van der Waals surface area contributed by atoms with E-state index in [-0.39, 0.29) is 11.7 Å². The second-order valence-electron chi connectivity index (χ2n) is 7.71. The van der Waals surface area contributed by atoms with Crippen molar-refractivity contribution < 1.29 is 4.79 Å². The van der Waals surface area contributed by atoms with Gasteiger partial charge >= 0.3 is 0 Å². The molecule has 162 valence electrons. The van der Waals surface area contributed by atoms with Gasteiger partial charge in [0.25, 0.3) is 0 Å². The van der Waals surface area contributed by atoms with Gasteiger partial charge in [0, 0.05) is 17.8 Å². The van der Waals surface area contributed by atoms with Crippen LogP contribution in [0, 0.1) is 13.8 Å². The van der Waals surface area contributed by atoms with E-state index in [2.05, 4.69) is 69.5 Å². The van der Waals surface area contributed by atoms with E-state index in [1.807, 2.05) is 43.3 Å². The average Bonchev–Trinajstić information content (AvgIpc) is 3.21. The quantitative estimate of drug-likeness (QED) is 0.371. The summed E-state index contributed by atoms with van der Waals surface area (Å²) in [4.78, 5) is 12.6. The van der Waals surface area contributed by atoms with Crippen LogP contribution in [0.4, 0.5) is 5.69 Å². The minimum atomic E-state index is -0.0612. The van der Waals surface area contributed by atoms with Crippen LogP contribution in [0.1, 0.15) is 22.5 Å². The number of nitrogens with one attached hydrogen (secondary N) is 1. The van der Waals surface area contributed by atoms with E-state index in [9.17, 15) is 4.79 Å². The van der Waals surface area contributed by atoms with E-state index < -0.39 is 0 Å². The molecular weight excluding hydrogens is 416 g/mol. The highest BCUT2D eigenvalue weighted by Gasteiger charge is 2.16. The molecule has 0 atom stereocenters. The molecule has 0 unspecified atom stereocenters.